The topological polar surface area (TPSA) is 79.0 Å². The number of esters is 1. The lowest BCUT2D eigenvalue weighted by atomic mass is 10.3. The first-order valence-electron chi connectivity index (χ1n) is 6.78. The number of anilines is 1. The van der Waals surface area contributed by atoms with Crippen LogP contribution in [0.3, 0.4) is 0 Å². The van der Waals surface area contributed by atoms with E-state index >= 15 is 0 Å². The zero-order valence-corrected chi connectivity index (χ0v) is 14.0. The monoisotopic (exact) mass is 327 g/mol. The fraction of sp³-hybridized carbons (Fsp3) is 0.500. The molecule has 0 bridgehead atoms. The van der Waals surface area contributed by atoms with Crippen LogP contribution in [0.25, 0.3) is 0 Å². The molecule has 0 aliphatic carbocycles. The van der Waals surface area contributed by atoms with Gasteiger partial charge in [-0.15, -0.1) is 11.3 Å². The van der Waals surface area contributed by atoms with E-state index in [9.17, 15) is 14.4 Å². The van der Waals surface area contributed by atoms with Crippen LogP contribution in [0.15, 0.2) is 11.4 Å². The van der Waals surface area contributed by atoms with E-state index in [-0.39, 0.29) is 31.5 Å². The van der Waals surface area contributed by atoms with Gasteiger partial charge >= 0.3 is 5.97 Å². The van der Waals surface area contributed by atoms with Gasteiger partial charge in [-0.25, -0.2) is 4.79 Å². The van der Waals surface area contributed by atoms with Gasteiger partial charge in [0.1, 0.15) is 5.00 Å². The SMILES string of the molecule is CCOC(=O)c1ccsc1NC(=O)CN(C)CC(=O)N(C)C. The molecule has 0 saturated heterocycles. The van der Waals surface area contributed by atoms with Crippen molar-refractivity contribution in [2.75, 3.05) is 46.2 Å². The normalized spacial score (nSPS) is 10.4. The quantitative estimate of drug-likeness (QED) is 0.752. The highest BCUT2D eigenvalue weighted by Crippen LogP contribution is 2.23. The Morgan fingerprint density at radius 1 is 1.23 bits per heavy atom. The van der Waals surface area contributed by atoms with Gasteiger partial charge < -0.3 is 15.0 Å². The Kier molecular flexibility index (Phi) is 7.00. The van der Waals surface area contributed by atoms with Gasteiger partial charge in [-0.3, -0.25) is 14.5 Å². The van der Waals surface area contributed by atoms with Gasteiger partial charge in [-0.1, -0.05) is 0 Å². The number of carbonyl (C=O) groups excluding carboxylic acids is 3. The third-order valence-electron chi connectivity index (χ3n) is 2.73. The molecule has 7 nitrogen and oxygen atoms in total. The van der Waals surface area contributed by atoms with Gasteiger partial charge in [0, 0.05) is 14.1 Å². The zero-order valence-electron chi connectivity index (χ0n) is 13.2. The van der Waals surface area contributed by atoms with E-state index in [4.69, 9.17) is 4.74 Å². The minimum Gasteiger partial charge on any atom is -0.462 e. The standard InChI is InChI=1S/C14H21N3O4S/c1-5-21-14(20)10-6-7-22-13(10)15-11(18)8-17(4)9-12(19)16(2)3/h6-7H,5,8-9H2,1-4H3,(H,15,18). The molecule has 1 N–H and O–H groups in total. The number of hydrogen-bond acceptors (Lipinski definition) is 6. The van der Waals surface area contributed by atoms with E-state index in [1.54, 1.807) is 44.4 Å². The van der Waals surface area contributed by atoms with Crippen LogP contribution in [-0.2, 0) is 14.3 Å². The highest BCUT2D eigenvalue weighted by molar-refractivity contribution is 7.14. The average Bonchev–Trinajstić information content (AvgIpc) is 2.86. The van der Waals surface area contributed by atoms with Gasteiger partial charge in [0.25, 0.3) is 0 Å². The summed E-state index contributed by atoms with van der Waals surface area (Å²) in [5.41, 5.74) is 0.340. The van der Waals surface area contributed by atoms with E-state index in [1.165, 1.54) is 16.2 Å². The van der Waals surface area contributed by atoms with E-state index in [1.807, 2.05) is 0 Å². The molecular weight excluding hydrogens is 306 g/mol. The molecule has 122 valence electrons. The van der Waals surface area contributed by atoms with Gasteiger partial charge in [-0.05, 0) is 25.4 Å². The molecule has 1 aromatic rings. The molecular formula is C14H21N3O4S. The first kappa shape index (κ1) is 18.1. The third kappa shape index (κ3) is 5.45. The summed E-state index contributed by atoms with van der Waals surface area (Å²) in [4.78, 5) is 38.3. The van der Waals surface area contributed by atoms with Crippen molar-refractivity contribution in [1.29, 1.82) is 0 Å². The van der Waals surface area contributed by atoms with Crippen molar-refractivity contribution in [3.8, 4) is 0 Å². The number of carbonyl (C=O) groups is 3. The lowest BCUT2D eigenvalue weighted by molar-refractivity contribution is -0.130. The Morgan fingerprint density at radius 2 is 1.91 bits per heavy atom. The molecule has 2 amide bonds. The lowest BCUT2D eigenvalue weighted by Crippen LogP contribution is -2.38. The molecule has 0 spiro atoms. The van der Waals surface area contributed by atoms with Crippen molar-refractivity contribution in [2.45, 2.75) is 6.92 Å². The summed E-state index contributed by atoms with van der Waals surface area (Å²) in [7, 11) is 5.00. The van der Waals surface area contributed by atoms with Crippen LogP contribution >= 0.6 is 11.3 Å². The maximum atomic E-state index is 12.0. The number of rotatable bonds is 7. The molecule has 0 atom stereocenters. The number of ether oxygens (including phenoxy) is 1. The Bertz CT molecular complexity index is 542. The zero-order chi connectivity index (χ0) is 16.7. The maximum absolute atomic E-state index is 12.0. The number of nitrogens with zero attached hydrogens (tertiary/aromatic N) is 2. The van der Waals surface area contributed by atoms with Crippen molar-refractivity contribution in [3.63, 3.8) is 0 Å². The highest BCUT2D eigenvalue weighted by Gasteiger charge is 2.17. The molecule has 0 saturated carbocycles. The van der Waals surface area contributed by atoms with Crippen LogP contribution in [0.1, 0.15) is 17.3 Å². The number of thiophene rings is 1. The van der Waals surface area contributed by atoms with Gasteiger partial charge in [-0.2, -0.15) is 0 Å². The maximum Gasteiger partial charge on any atom is 0.341 e. The van der Waals surface area contributed by atoms with Crippen LogP contribution < -0.4 is 5.32 Å². The number of nitrogens with one attached hydrogen (secondary N) is 1. The van der Waals surface area contributed by atoms with Crippen LogP contribution in [0, 0.1) is 0 Å². The predicted octanol–water partition coefficient (Wildman–Crippen LogP) is 0.883. The average molecular weight is 327 g/mol. The minimum atomic E-state index is -0.463. The molecule has 22 heavy (non-hydrogen) atoms. The third-order valence-corrected chi connectivity index (χ3v) is 3.56. The molecule has 0 aliphatic rings. The largest absolute Gasteiger partial charge is 0.462 e. The van der Waals surface area contributed by atoms with Crippen molar-refractivity contribution >= 4 is 34.1 Å². The Hall–Kier alpha value is -1.93. The summed E-state index contributed by atoms with van der Waals surface area (Å²) in [6.07, 6.45) is 0. The van der Waals surface area contributed by atoms with Crippen molar-refractivity contribution in [3.05, 3.63) is 17.0 Å². The molecule has 1 aromatic heterocycles. The second-order valence-electron chi connectivity index (χ2n) is 4.89. The number of hydrogen-bond donors (Lipinski definition) is 1. The molecule has 0 aromatic carbocycles. The number of likely N-dealkylation sites (N-methyl/N-ethyl adjacent to an activating group) is 2. The van der Waals surface area contributed by atoms with E-state index in [0.717, 1.165) is 0 Å². The summed E-state index contributed by atoms with van der Waals surface area (Å²) < 4.78 is 4.92. The van der Waals surface area contributed by atoms with Gasteiger partial charge in [0.05, 0.1) is 25.3 Å². The summed E-state index contributed by atoms with van der Waals surface area (Å²) in [5, 5.41) is 4.84. The van der Waals surface area contributed by atoms with Crippen LogP contribution in [0.4, 0.5) is 5.00 Å². The number of amides is 2. The molecule has 0 radical (unpaired) electrons. The first-order chi connectivity index (χ1) is 10.3. The molecule has 0 aliphatic heterocycles. The Labute approximate surface area is 133 Å². The van der Waals surface area contributed by atoms with E-state index in [2.05, 4.69) is 5.32 Å². The summed E-state index contributed by atoms with van der Waals surface area (Å²) in [6, 6.07) is 1.61. The van der Waals surface area contributed by atoms with Crippen molar-refractivity contribution in [1.82, 2.24) is 9.80 Å². The van der Waals surface area contributed by atoms with Crippen LogP contribution in [0.5, 0.6) is 0 Å². The van der Waals surface area contributed by atoms with Crippen molar-refractivity contribution in [2.24, 2.45) is 0 Å². The molecule has 0 fully saturated rings. The Balaban J connectivity index is 2.57. The second-order valence-corrected chi connectivity index (χ2v) is 5.81. The molecule has 8 heteroatoms. The van der Waals surface area contributed by atoms with Gasteiger partial charge in [0.15, 0.2) is 0 Å². The Morgan fingerprint density at radius 3 is 2.50 bits per heavy atom. The van der Waals surface area contributed by atoms with Crippen LogP contribution in [-0.4, -0.2) is 68.4 Å². The molecule has 0 unspecified atom stereocenters. The highest BCUT2D eigenvalue weighted by atomic mass is 32.1. The summed E-state index contributed by atoms with van der Waals surface area (Å²) in [6.45, 7) is 2.20. The lowest BCUT2D eigenvalue weighted by Gasteiger charge is -2.18. The summed E-state index contributed by atoms with van der Waals surface area (Å²) >= 11 is 1.25. The predicted molar refractivity (Wildman–Crippen MR) is 85.1 cm³/mol. The van der Waals surface area contributed by atoms with Gasteiger partial charge in [0.2, 0.25) is 11.8 Å². The fourth-order valence-electron chi connectivity index (χ4n) is 1.62. The minimum absolute atomic E-state index is 0.0553. The molecule has 1 heterocycles. The molecule has 1 rings (SSSR count). The van der Waals surface area contributed by atoms with Crippen LogP contribution in [0.2, 0.25) is 0 Å². The van der Waals surface area contributed by atoms with Crippen molar-refractivity contribution < 1.29 is 19.1 Å². The van der Waals surface area contributed by atoms with E-state index in [0.29, 0.717) is 10.6 Å². The smallest absolute Gasteiger partial charge is 0.341 e. The van der Waals surface area contributed by atoms with E-state index < -0.39 is 5.97 Å². The second kappa shape index (κ2) is 8.50. The summed E-state index contributed by atoms with van der Waals surface area (Å²) in [5.74, 6) is -0.837. The fourth-order valence-corrected chi connectivity index (χ4v) is 2.41. The first-order valence-corrected chi connectivity index (χ1v) is 7.66.